The summed E-state index contributed by atoms with van der Waals surface area (Å²) in [4.78, 5) is 29.2. The minimum absolute atomic E-state index is 0.190. The van der Waals surface area contributed by atoms with E-state index in [9.17, 15) is 9.59 Å². The molecule has 0 aliphatic carbocycles. The van der Waals surface area contributed by atoms with Crippen LogP contribution in [0.4, 0.5) is 10.5 Å². The van der Waals surface area contributed by atoms with Crippen LogP contribution in [0.25, 0.3) is 0 Å². The van der Waals surface area contributed by atoms with Crippen molar-refractivity contribution in [2.45, 2.75) is 25.9 Å². The molecule has 5 nitrogen and oxygen atoms in total. The molecule has 3 aromatic rings. The van der Waals surface area contributed by atoms with Crippen LogP contribution in [0.5, 0.6) is 11.5 Å². The Balaban J connectivity index is 1.67. The lowest BCUT2D eigenvalue weighted by molar-refractivity contribution is -0.123. The molecule has 3 aromatic carbocycles. The van der Waals surface area contributed by atoms with E-state index in [0.717, 1.165) is 10.5 Å². The minimum atomic E-state index is -1.08. The first-order valence-electron chi connectivity index (χ1n) is 9.71. The summed E-state index contributed by atoms with van der Waals surface area (Å²) in [7, 11) is 0. The fourth-order valence-corrected chi connectivity index (χ4v) is 3.86. The average Bonchev–Trinajstić information content (AvgIpc) is 2.91. The van der Waals surface area contributed by atoms with Crippen LogP contribution >= 0.6 is 23.2 Å². The number of halogens is 2. The molecule has 0 N–H and O–H groups in total. The SMILES string of the molecule is CC1(C)C(=O)N(c2cc(Cl)ccc2Cl)C(=O)N1Cc1ccccc1Oc1ccccc1. The Morgan fingerprint density at radius 2 is 1.58 bits per heavy atom. The van der Waals surface area contributed by atoms with Crippen LogP contribution in [0.1, 0.15) is 19.4 Å². The second kappa shape index (κ2) is 8.25. The highest BCUT2D eigenvalue weighted by molar-refractivity contribution is 6.37. The highest BCUT2D eigenvalue weighted by Crippen LogP contribution is 2.38. The van der Waals surface area contributed by atoms with Crippen LogP contribution in [0.15, 0.2) is 72.8 Å². The Morgan fingerprint density at radius 1 is 0.903 bits per heavy atom. The van der Waals surface area contributed by atoms with Gasteiger partial charge in [-0.2, -0.15) is 0 Å². The van der Waals surface area contributed by atoms with Crippen molar-refractivity contribution < 1.29 is 14.3 Å². The number of hydrogen-bond donors (Lipinski definition) is 0. The van der Waals surface area contributed by atoms with Crippen molar-refractivity contribution in [3.63, 3.8) is 0 Å². The Bertz CT molecular complexity index is 1150. The number of carbonyl (C=O) groups is 2. The first kappa shape index (κ1) is 21.2. The standard InChI is InChI=1S/C24H20Cl2N2O3/c1-24(2)22(29)28(20-14-17(25)12-13-19(20)26)23(30)27(24)15-16-8-6-7-11-21(16)31-18-9-4-3-5-10-18/h3-14H,15H2,1-2H3. The number of anilines is 1. The summed E-state index contributed by atoms with van der Waals surface area (Å²) in [6.07, 6.45) is 0. The molecule has 7 heteroatoms. The normalized spacial score (nSPS) is 15.5. The molecule has 1 fully saturated rings. The fraction of sp³-hybridized carbons (Fsp3) is 0.167. The Morgan fingerprint density at radius 3 is 2.32 bits per heavy atom. The Hall–Kier alpha value is -3.02. The van der Waals surface area contributed by atoms with E-state index in [1.54, 1.807) is 26.0 Å². The minimum Gasteiger partial charge on any atom is -0.457 e. The van der Waals surface area contributed by atoms with Crippen LogP contribution in [0.2, 0.25) is 10.0 Å². The zero-order chi connectivity index (χ0) is 22.2. The van der Waals surface area contributed by atoms with Gasteiger partial charge in [-0.05, 0) is 50.2 Å². The number of benzene rings is 3. The molecule has 1 aliphatic heterocycles. The molecule has 31 heavy (non-hydrogen) atoms. The van der Waals surface area contributed by atoms with Crippen molar-refractivity contribution in [1.29, 1.82) is 0 Å². The average molecular weight is 455 g/mol. The third kappa shape index (κ3) is 3.99. The summed E-state index contributed by atoms with van der Waals surface area (Å²) in [6, 6.07) is 21.1. The van der Waals surface area contributed by atoms with E-state index in [4.69, 9.17) is 27.9 Å². The van der Waals surface area contributed by atoms with Crippen molar-refractivity contribution in [3.05, 3.63) is 88.4 Å². The summed E-state index contributed by atoms with van der Waals surface area (Å²) in [5.41, 5.74) is -0.0315. The third-order valence-electron chi connectivity index (χ3n) is 5.24. The van der Waals surface area contributed by atoms with Gasteiger partial charge in [-0.1, -0.05) is 59.6 Å². The molecule has 0 atom stereocenters. The molecule has 0 radical (unpaired) electrons. The van der Waals surface area contributed by atoms with E-state index in [1.165, 1.54) is 11.0 Å². The van der Waals surface area contributed by atoms with E-state index < -0.39 is 11.6 Å². The van der Waals surface area contributed by atoms with Gasteiger partial charge in [0.05, 0.1) is 17.3 Å². The van der Waals surface area contributed by atoms with Gasteiger partial charge >= 0.3 is 6.03 Å². The lowest BCUT2D eigenvalue weighted by Gasteiger charge is -2.28. The molecule has 1 saturated heterocycles. The first-order valence-corrected chi connectivity index (χ1v) is 10.5. The van der Waals surface area contributed by atoms with Crippen LogP contribution in [0, 0.1) is 0 Å². The van der Waals surface area contributed by atoms with Gasteiger partial charge in [0.15, 0.2) is 0 Å². The molecule has 4 rings (SSSR count). The molecule has 158 valence electrons. The van der Waals surface area contributed by atoms with Crippen LogP contribution < -0.4 is 9.64 Å². The van der Waals surface area contributed by atoms with Crippen molar-refractivity contribution in [2.24, 2.45) is 0 Å². The summed E-state index contributed by atoms with van der Waals surface area (Å²) in [5, 5.41) is 0.662. The van der Waals surface area contributed by atoms with Gasteiger partial charge in [0.1, 0.15) is 17.0 Å². The van der Waals surface area contributed by atoms with Crippen molar-refractivity contribution in [2.75, 3.05) is 4.90 Å². The second-order valence-electron chi connectivity index (χ2n) is 7.69. The van der Waals surface area contributed by atoms with Gasteiger partial charge in [-0.25, -0.2) is 9.69 Å². The van der Waals surface area contributed by atoms with E-state index in [1.807, 2.05) is 54.6 Å². The predicted molar refractivity (Wildman–Crippen MR) is 122 cm³/mol. The number of rotatable bonds is 5. The van der Waals surface area contributed by atoms with Gasteiger partial charge < -0.3 is 9.64 Å². The molecule has 0 unspecified atom stereocenters. The number of amides is 3. The van der Waals surface area contributed by atoms with Gasteiger partial charge in [0, 0.05) is 10.6 Å². The molecular formula is C24H20Cl2N2O3. The highest BCUT2D eigenvalue weighted by Gasteiger charge is 2.52. The van der Waals surface area contributed by atoms with E-state index in [-0.39, 0.29) is 23.2 Å². The largest absolute Gasteiger partial charge is 0.457 e. The molecule has 0 aromatic heterocycles. The van der Waals surface area contributed by atoms with Crippen LogP contribution in [-0.2, 0) is 11.3 Å². The van der Waals surface area contributed by atoms with Crippen LogP contribution in [-0.4, -0.2) is 22.4 Å². The number of imide groups is 1. The molecule has 0 spiro atoms. The molecule has 3 amide bonds. The molecule has 1 heterocycles. The number of hydrogen-bond acceptors (Lipinski definition) is 3. The smallest absolute Gasteiger partial charge is 0.332 e. The number of urea groups is 1. The first-order chi connectivity index (χ1) is 14.8. The second-order valence-corrected chi connectivity index (χ2v) is 8.53. The molecule has 0 bridgehead atoms. The van der Waals surface area contributed by atoms with Gasteiger partial charge in [0.25, 0.3) is 5.91 Å². The number of ether oxygens (including phenoxy) is 1. The summed E-state index contributed by atoms with van der Waals surface area (Å²) in [5.74, 6) is 0.928. The zero-order valence-corrected chi connectivity index (χ0v) is 18.5. The topological polar surface area (TPSA) is 49.9 Å². The zero-order valence-electron chi connectivity index (χ0n) is 17.0. The summed E-state index contributed by atoms with van der Waals surface area (Å²) >= 11 is 12.4. The third-order valence-corrected chi connectivity index (χ3v) is 5.80. The molecular weight excluding hydrogens is 435 g/mol. The monoisotopic (exact) mass is 454 g/mol. The van der Waals surface area contributed by atoms with E-state index in [2.05, 4.69) is 0 Å². The van der Waals surface area contributed by atoms with Crippen LogP contribution in [0.3, 0.4) is 0 Å². The number of para-hydroxylation sites is 2. The maximum Gasteiger partial charge on any atom is 0.332 e. The van der Waals surface area contributed by atoms with Gasteiger partial charge in [-0.15, -0.1) is 0 Å². The maximum absolute atomic E-state index is 13.4. The fourth-order valence-electron chi connectivity index (χ4n) is 3.49. The number of nitrogens with zero attached hydrogens (tertiary/aromatic N) is 2. The van der Waals surface area contributed by atoms with E-state index in [0.29, 0.717) is 16.5 Å². The van der Waals surface area contributed by atoms with Crippen molar-refractivity contribution in [3.8, 4) is 11.5 Å². The molecule has 1 aliphatic rings. The maximum atomic E-state index is 13.4. The molecule has 0 saturated carbocycles. The quantitative estimate of drug-likeness (QED) is 0.411. The number of carbonyl (C=O) groups excluding carboxylic acids is 2. The van der Waals surface area contributed by atoms with Crippen molar-refractivity contribution in [1.82, 2.24) is 4.90 Å². The summed E-state index contributed by atoms with van der Waals surface area (Å²) < 4.78 is 6.02. The van der Waals surface area contributed by atoms with Gasteiger partial charge in [-0.3, -0.25) is 4.79 Å². The van der Waals surface area contributed by atoms with Gasteiger partial charge in [0.2, 0.25) is 0 Å². The summed E-state index contributed by atoms with van der Waals surface area (Å²) in [6.45, 7) is 3.62. The van der Waals surface area contributed by atoms with Crippen molar-refractivity contribution >= 4 is 40.8 Å². The lowest BCUT2D eigenvalue weighted by atomic mass is 10.0. The predicted octanol–water partition coefficient (Wildman–Crippen LogP) is 6.53. The Labute approximate surface area is 190 Å². The Kier molecular flexibility index (Phi) is 5.65. The highest BCUT2D eigenvalue weighted by atomic mass is 35.5. The lowest BCUT2D eigenvalue weighted by Crippen LogP contribution is -2.43. The van der Waals surface area contributed by atoms with E-state index >= 15 is 0 Å².